The van der Waals surface area contributed by atoms with Gasteiger partial charge in [0.1, 0.15) is 5.82 Å². The van der Waals surface area contributed by atoms with Crippen molar-refractivity contribution < 1.29 is 4.39 Å². The van der Waals surface area contributed by atoms with E-state index in [1.54, 1.807) is 6.20 Å². The van der Waals surface area contributed by atoms with Crippen molar-refractivity contribution in [3.63, 3.8) is 0 Å². The molecule has 0 aliphatic carbocycles. The van der Waals surface area contributed by atoms with Gasteiger partial charge in [0, 0.05) is 9.80 Å². The number of rotatable bonds is 2. The lowest BCUT2D eigenvalue weighted by Crippen LogP contribution is -1.98. The summed E-state index contributed by atoms with van der Waals surface area (Å²) >= 11 is 12.5. The lowest BCUT2D eigenvalue weighted by atomic mass is 10.3. The topological polar surface area (TPSA) is 30.7 Å². The molecule has 0 spiro atoms. The summed E-state index contributed by atoms with van der Waals surface area (Å²) in [7, 11) is 0. The van der Waals surface area contributed by atoms with Crippen molar-refractivity contribution in [2.45, 2.75) is 5.33 Å². The SMILES string of the molecule is Fc1cc(Cl)c(-n2cc(CBr)nn2)c(Br)c1. The Kier molecular flexibility index (Phi) is 3.61. The van der Waals surface area contributed by atoms with Gasteiger partial charge < -0.3 is 0 Å². The number of nitrogens with zero attached hydrogens (tertiary/aromatic N) is 3. The number of alkyl halides is 1. The van der Waals surface area contributed by atoms with Gasteiger partial charge in [-0.2, -0.15) is 0 Å². The summed E-state index contributed by atoms with van der Waals surface area (Å²) in [5.74, 6) is -0.401. The van der Waals surface area contributed by atoms with Crippen LogP contribution in [0.5, 0.6) is 0 Å². The summed E-state index contributed by atoms with van der Waals surface area (Å²) in [6, 6.07) is 2.56. The Bertz CT molecular complexity index is 506. The van der Waals surface area contributed by atoms with Crippen LogP contribution >= 0.6 is 43.5 Å². The third-order valence-corrected chi connectivity index (χ3v) is 3.36. The van der Waals surface area contributed by atoms with E-state index in [1.165, 1.54) is 16.8 Å². The summed E-state index contributed by atoms with van der Waals surface area (Å²) in [5, 5.41) is 8.69. The molecule has 0 saturated carbocycles. The molecule has 0 aliphatic heterocycles. The van der Waals surface area contributed by atoms with Gasteiger partial charge in [0.05, 0.1) is 22.6 Å². The number of aromatic nitrogens is 3. The Morgan fingerprint density at radius 2 is 2.19 bits per heavy atom. The number of hydrogen-bond donors (Lipinski definition) is 0. The van der Waals surface area contributed by atoms with Crippen LogP contribution in [0, 0.1) is 5.82 Å². The fourth-order valence-electron chi connectivity index (χ4n) is 1.22. The molecule has 84 valence electrons. The number of hydrogen-bond acceptors (Lipinski definition) is 2. The molecule has 0 fully saturated rings. The van der Waals surface area contributed by atoms with Crippen molar-refractivity contribution in [2.75, 3.05) is 0 Å². The predicted octanol–water partition coefficient (Wildman–Crippen LogP) is 3.72. The van der Waals surface area contributed by atoms with Gasteiger partial charge in [0.25, 0.3) is 0 Å². The molecule has 1 heterocycles. The molecular formula is C9H5Br2ClFN3. The lowest BCUT2D eigenvalue weighted by Gasteiger charge is -2.06. The van der Waals surface area contributed by atoms with Crippen molar-refractivity contribution in [2.24, 2.45) is 0 Å². The first-order chi connectivity index (χ1) is 7.61. The van der Waals surface area contributed by atoms with E-state index >= 15 is 0 Å². The molecule has 0 saturated heterocycles. The molecule has 7 heteroatoms. The molecule has 0 unspecified atom stereocenters. The van der Waals surface area contributed by atoms with E-state index < -0.39 is 5.82 Å². The Labute approximate surface area is 113 Å². The van der Waals surface area contributed by atoms with Gasteiger partial charge in [-0.25, -0.2) is 9.07 Å². The van der Waals surface area contributed by atoms with Crippen molar-refractivity contribution in [1.82, 2.24) is 15.0 Å². The third kappa shape index (κ3) is 2.28. The highest BCUT2D eigenvalue weighted by atomic mass is 79.9. The van der Waals surface area contributed by atoms with E-state index in [0.717, 1.165) is 5.69 Å². The fraction of sp³-hybridized carbons (Fsp3) is 0.111. The largest absolute Gasteiger partial charge is 0.218 e. The molecule has 0 amide bonds. The van der Waals surface area contributed by atoms with Gasteiger partial charge >= 0.3 is 0 Å². The number of halogens is 4. The second kappa shape index (κ2) is 4.81. The summed E-state index contributed by atoms with van der Waals surface area (Å²) in [6.07, 6.45) is 1.72. The molecule has 0 aliphatic rings. The smallest absolute Gasteiger partial charge is 0.125 e. The molecule has 0 radical (unpaired) electrons. The van der Waals surface area contributed by atoms with Crippen LogP contribution in [0.1, 0.15) is 5.69 Å². The first-order valence-corrected chi connectivity index (χ1v) is 6.53. The van der Waals surface area contributed by atoms with E-state index in [9.17, 15) is 4.39 Å². The highest BCUT2D eigenvalue weighted by molar-refractivity contribution is 9.10. The van der Waals surface area contributed by atoms with Crippen molar-refractivity contribution in [1.29, 1.82) is 0 Å². The van der Waals surface area contributed by atoms with E-state index in [2.05, 4.69) is 42.2 Å². The van der Waals surface area contributed by atoms with Crippen LogP contribution in [0.25, 0.3) is 5.69 Å². The van der Waals surface area contributed by atoms with Gasteiger partial charge in [0.2, 0.25) is 0 Å². The van der Waals surface area contributed by atoms with Crippen LogP contribution in [0.3, 0.4) is 0 Å². The predicted molar refractivity (Wildman–Crippen MR) is 66.7 cm³/mol. The van der Waals surface area contributed by atoms with Gasteiger partial charge in [-0.1, -0.05) is 32.7 Å². The molecule has 2 aromatic rings. The normalized spacial score (nSPS) is 10.8. The Morgan fingerprint density at radius 1 is 1.44 bits per heavy atom. The first-order valence-electron chi connectivity index (χ1n) is 4.24. The van der Waals surface area contributed by atoms with Crippen molar-refractivity contribution >= 4 is 43.5 Å². The molecule has 0 atom stereocenters. The monoisotopic (exact) mass is 367 g/mol. The number of benzene rings is 1. The fourth-order valence-corrected chi connectivity index (χ4v) is 2.50. The first kappa shape index (κ1) is 12.0. The standard InChI is InChI=1S/C9H5Br2ClFN3/c10-3-6-4-16(15-14-6)9-7(11)1-5(13)2-8(9)12/h1-2,4H,3H2. The van der Waals surface area contributed by atoms with Crippen LogP contribution < -0.4 is 0 Å². The van der Waals surface area contributed by atoms with Crippen LogP contribution in [0.2, 0.25) is 5.02 Å². The summed E-state index contributed by atoms with van der Waals surface area (Å²) in [6.45, 7) is 0. The average molecular weight is 369 g/mol. The maximum absolute atomic E-state index is 13.0. The van der Waals surface area contributed by atoms with Crippen LogP contribution in [0.4, 0.5) is 4.39 Å². The van der Waals surface area contributed by atoms with Crippen LogP contribution in [-0.2, 0) is 5.33 Å². The van der Waals surface area contributed by atoms with Gasteiger partial charge in [-0.15, -0.1) is 5.10 Å². The van der Waals surface area contributed by atoms with Gasteiger partial charge in [-0.05, 0) is 28.1 Å². The summed E-state index contributed by atoms with van der Waals surface area (Å²) in [4.78, 5) is 0. The zero-order chi connectivity index (χ0) is 11.7. The average Bonchev–Trinajstić information content (AvgIpc) is 2.64. The molecule has 0 N–H and O–H groups in total. The minimum absolute atomic E-state index is 0.276. The molecule has 16 heavy (non-hydrogen) atoms. The maximum atomic E-state index is 13.0. The minimum Gasteiger partial charge on any atom is -0.218 e. The van der Waals surface area contributed by atoms with E-state index in [0.29, 0.717) is 15.5 Å². The second-order valence-corrected chi connectivity index (χ2v) is 4.83. The highest BCUT2D eigenvalue weighted by Gasteiger charge is 2.12. The van der Waals surface area contributed by atoms with E-state index in [-0.39, 0.29) is 5.02 Å². The summed E-state index contributed by atoms with van der Waals surface area (Å²) in [5.41, 5.74) is 1.34. The summed E-state index contributed by atoms with van der Waals surface area (Å²) < 4.78 is 15.1. The molecule has 0 bridgehead atoms. The van der Waals surface area contributed by atoms with E-state index in [1.807, 2.05) is 0 Å². The zero-order valence-electron chi connectivity index (χ0n) is 7.79. The van der Waals surface area contributed by atoms with Crippen molar-refractivity contribution in [3.8, 4) is 5.69 Å². The molecule has 1 aromatic carbocycles. The Hall–Kier alpha value is -0.460. The molecule has 1 aromatic heterocycles. The minimum atomic E-state index is -0.401. The van der Waals surface area contributed by atoms with Crippen LogP contribution in [-0.4, -0.2) is 15.0 Å². The third-order valence-electron chi connectivity index (χ3n) is 1.89. The van der Waals surface area contributed by atoms with Gasteiger partial charge in [0.15, 0.2) is 0 Å². The van der Waals surface area contributed by atoms with Crippen molar-refractivity contribution in [3.05, 3.63) is 39.3 Å². The molecular weight excluding hydrogens is 364 g/mol. The second-order valence-electron chi connectivity index (χ2n) is 3.01. The highest BCUT2D eigenvalue weighted by Crippen LogP contribution is 2.29. The van der Waals surface area contributed by atoms with Crippen LogP contribution in [0.15, 0.2) is 22.8 Å². The Balaban J connectivity index is 2.55. The molecule has 2 rings (SSSR count). The maximum Gasteiger partial charge on any atom is 0.125 e. The molecule has 3 nitrogen and oxygen atoms in total. The Morgan fingerprint density at radius 3 is 2.75 bits per heavy atom. The zero-order valence-corrected chi connectivity index (χ0v) is 11.7. The van der Waals surface area contributed by atoms with Gasteiger partial charge in [-0.3, -0.25) is 0 Å². The lowest BCUT2D eigenvalue weighted by molar-refractivity contribution is 0.625. The quantitative estimate of drug-likeness (QED) is 0.756. The van der Waals surface area contributed by atoms with E-state index in [4.69, 9.17) is 11.6 Å².